The monoisotopic (exact) mass is 404 g/mol. The zero-order chi connectivity index (χ0) is 21.3. The van der Waals surface area contributed by atoms with Gasteiger partial charge in [0.1, 0.15) is 0 Å². The number of hydrogen-bond acceptors (Lipinski definition) is 5. The van der Waals surface area contributed by atoms with E-state index in [1.165, 1.54) is 0 Å². The van der Waals surface area contributed by atoms with E-state index in [1.807, 2.05) is 36.4 Å². The lowest BCUT2D eigenvalue weighted by atomic mass is 10.0. The molecule has 2 amide bonds. The Kier molecular flexibility index (Phi) is 5.35. The van der Waals surface area contributed by atoms with Crippen LogP contribution in [0.4, 0.5) is 11.4 Å². The van der Waals surface area contributed by atoms with Gasteiger partial charge in [-0.1, -0.05) is 43.3 Å². The summed E-state index contributed by atoms with van der Waals surface area (Å²) in [5, 5.41) is 6.88. The Morgan fingerprint density at radius 1 is 1.20 bits per heavy atom. The summed E-state index contributed by atoms with van der Waals surface area (Å²) in [5.74, 6) is 0.564. The zero-order valence-corrected chi connectivity index (χ0v) is 17.3. The van der Waals surface area contributed by atoms with Crippen LogP contribution in [0.3, 0.4) is 0 Å². The van der Waals surface area contributed by atoms with Gasteiger partial charge in [-0.25, -0.2) is 0 Å². The molecule has 1 atom stereocenters. The van der Waals surface area contributed by atoms with Crippen LogP contribution < -0.4 is 10.2 Å². The zero-order valence-electron chi connectivity index (χ0n) is 17.3. The van der Waals surface area contributed by atoms with Gasteiger partial charge in [0.25, 0.3) is 0 Å². The lowest BCUT2D eigenvalue weighted by Crippen LogP contribution is -2.28. The number of amides is 2. The number of rotatable bonds is 5. The Morgan fingerprint density at radius 2 is 2.00 bits per heavy atom. The Hall–Kier alpha value is -3.48. The number of benzene rings is 2. The maximum atomic E-state index is 12.9. The maximum Gasteiger partial charge on any atom is 0.229 e. The maximum absolute atomic E-state index is 12.9. The molecule has 0 spiro atoms. The standard InChI is InChI=1S/C23H24N4O3/c1-14(2)16-7-6-8-18(11-16)27-13-17(12-21(27)28)23(29)25-20-10-5-4-9-19(20)22-24-15(3)30-26-22/h4-11,14,17H,12-13H2,1-3H3,(H,25,29). The van der Waals surface area contributed by atoms with Gasteiger partial charge in [0.15, 0.2) is 0 Å². The predicted molar refractivity (Wildman–Crippen MR) is 114 cm³/mol. The van der Waals surface area contributed by atoms with Crippen molar-refractivity contribution >= 4 is 23.2 Å². The Morgan fingerprint density at radius 3 is 2.73 bits per heavy atom. The van der Waals surface area contributed by atoms with E-state index in [4.69, 9.17) is 4.52 Å². The van der Waals surface area contributed by atoms with E-state index in [9.17, 15) is 9.59 Å². The average molecular weight is 404 g/mol. The summed E-state index contributed by atoms with van der Waals surface area (Å²) >= 11 is 0. The summed E-state index contributed by atoms with van der Waals surface area (Å²) in [7, 11) is 0. The van der Waals surface area contributed by atoms with Crippen LogP contribution in [0.25, 0.3) is 11.4 Å². The fourth-order valence-corrected chi connectivity index (χ4v) is 3.62. The second kappa shape index (κ2) is 8.10. The smallest absolute Gasteiger partial charge is 0.229 e. The number of nitrogens with zero attached hydrogens (tertiary/aromatic N) is 3. The van der Waals surface area contributed by atoms with Crippen molar-refractivity contribution in [3.8, 4) is 11.4 Å². The molecule has 7 nitrogen and oxygen atoms in total. The second-order valence-electron chi connectivity index (χ2n) is 7.83. The molecule has 0 bridgehead atoms. The highest BCUT2D eigenvalue weighted by molar-refractivity contribution is 6.04. The molecule has 154 valence electrons. The third kappa shape index (κ3) is 3.96. The van der Waals surface area contributed by atoms with E-state index in [2.05, 4.69) is 35.4 Å². The van der Waals surface area contributed by atoms with Crippen molar-refractivity contribution in [3.05, 3.63) is 60.0 Å². The van der Waals surface area contributed by atoms with Crippen LogP contribution in [0.1, 0.15) is 37.6 Å². The van der Waals surface area contributed by atoms with Crippen molar-refractivity contribution in [2.75, 3.05) is 16.8 Å². The summed E-state index contributed by atoms with van der Waals surface area (Å²) in [6.07, 6.45) is 0.182. The van der Waals surface area contributed by atoms with Gasteiger partial charge in [0, 0.05) is 31.1 Å². The van der Waals surface area contributed by atoms with Gasteiger partial charge in [-0.3, -0.25) is 9.59 Å². The molecule has 0 aliphatic carbocycles. The van der Waals surface area contributed by atoms with Gasteiger partial charge in [0.05, 0.1) is 11.6 Å². The van der Waals surface area contributed by atoms with Crippen molar-refractivity contribution in [2.24, 2.45) is 5.92 Å². The van der Waals surface area contributed by atoms with Crippen molar-refractivity contribution in [1.29, 1.82) is 0 Å². The third-order valence-corrected chi connectivity index (χ3v) is 5.30. The van der Waals surface area contributed by atoms with Crippen LogP contribution in [-0.2, 0) is 9.59 Å². The summed E-state index contributed by atoms with van der Waals surface area (Å²) in [4.78, 5) is 31.5. The number of aryl methyl sites for hydroxylation is 1. The molecule has 1 saturated heterocycles. The summed E-state index contributed by atoms with van der Waals surface area (Å²) < 4.78 is 5.06. The molecule has 1 N–H and O–H groups in total. The number of anilines is 2. The number of carbonyl (C=O) groups excluding carboxylic acids is 2. The normalized spacial score (nSPS) is 16.3. The molecule has 4 rings (SSSR count). The Balaban J connectivity index is 1.51. The molecule has 2 heterocycles. The van der Waals surface area contributed by atoms with Gasteiger partial charge in [0.2, 0.25) is 23.5 Å². The first kappa shape index (κ1) is 19.8. The van der Waals surface area contributed by atoms with E-state index in [1.54, 1.807) is 17.9 Å². The van der Waals surface area contributed by atoms with E-state index >= 15 is 0 Å². The molecule has 1 unspecified atom stereocenters. The molecule has 7 heteroatoms. The number of hydrogen-bond donors (Lipinski definition) is 1. The first-order valence-electron chi connectivity index (χ1n) is 10.0. The fourth-order valence-electron chi connectivity index (χ4n) is 3.62. The Labute approximate surface area is 175 Å². The second-order valence-corrected chi connectivity index (χ2v) is 7.83. The van der Waals surface area contributed by atoms with Crippen LogP contribution in [-0.4, -0.2) is 28.5 Å². The van der Waals surface area contributed by atoms with Crippen LogP contribution in [0.5, 0.6) is 0 Å². The average Bonchev–Trinajstić information content (AvgIpc) is 3.34. The van der Waals surface area contributed by atoms with E-state index < -0.39 is 5.92 Å². The fraction of sp³-hybridized carbons (Fsp3) is 0.304. The molecule has 0 radical (unpaired) electrons. The lowest BCUT2D eigenvalue weighted by molar-refractivity contribution is -0.122. The molecule has 1 fully saturated rings. The topological polar surface area (TPSA) is 88.3 Å². The number of carbonyl (C=O) groups is 2. The molecule has 2 aromatic carbocycles. The van der Waals surface area contributed by atoms with Crippen molar-refractivity contribution in [3.63, 3.8) is 0 Å². The number of para-hydroxylation sites is 1. The van der Waals surface area contributed by atoms with Gasteiger partial charge in [-0.05, 0) is 35.7 Å². The highest BCUT2D eigenvalue weighted by Crippen LogP contribution is 2.30. The Bertz CT molecular complexity index is 1090. The van der Waals surface area contributed by atoms with Gasteiger partial charge < -0.3 is 14.7 Å². The number of nitrogens with one attached hydrogen (secondary N) is 1. The summed E-state index contributed by atoms with van der Waals surface area (Å²) in [6, 6.07) is 15.2. The molecule has 30 heavy (non-hydrogen) atoms. The largest absolute Gasteiger partial charge is 0.339 e. The summed E-state index contributed by atoms with van der Waals surface area (Å²) in [5.41, 5.74) is 3.27. The van der Waals surface area contributed by atoms with Gasteiger partial charge in [-0.2, -0.15) is 4.98 Å². The van der Waals surface area contributed by atoms with Gasteiger partial charge in [-0.15, -0.1) is 0 Å². The van der Waals surface area contributed by atoms with E-state index in [0.29, 0.717) is 35.4 Å². The minimum atomic E-state index is -0.430. The number of aromatic nitrogens is 2. The van der Waals surface area contributed by atoms with E-state index in [0.717, 1.165) is 11.3 Å². The van der Waals surface area contributed by atoms with Crippen LogP contribution >= 0.6 is 0 Å². The summed E-state index contributed by atoms with van der Waals surface area (Å²) in [6.45, 7) is 6.30. The van der Waals surface area contributed by atoms with Gasteiger partial charge >= 0.3 is 0 Å². The van der Waals surface area contributed by atoms with Crippen LogP contribution in [0, 0.1) is 12.8 Å². The highest BCUT2D eigenvalue weighted by Gasteiger charge is 2.35. The third-order valence-electron chi connectivity index (χ3n) is 5.30. The molecule has 1 aliphatic rings. The first-order chi connectivity index (χ1) is 14.4. The highest BCUT2D eigenvalue weighted by atomic mass is 16.5. The van der Waals surface area contributed by atoms with Crippen LogP contribution in [0.15, 0.2) is 53.1 Å². The minimum absolute atomic E-state index is 0.0434. The molecular formula is C23H24N4O3. The molecule has 1 aromatic heterocycles. The SMILES string of the molecule is Cc1nc(-c2ccccc2NC(=O)C2CC(=O)N(c3cccc(C(C)C)c3)C2)no1. The molecule has 1 aliphatic heterocycles. The van der Waals surface area contributed by atoms with Crippen molar-refractivity contribution in [1.82, 2.24) is 10.1 Å². The molecule has 0 saturated carbocycles. The van der Waals surface area contributed by atoms with Crippen molar-refractivity contribution in [2.45, 2.75) is 33.1 Å². The van der Waals surface area contributed by atoms with Crippen molar-refractivity contribution < 1.29 is 14.1 Å². The van der Waals surface area contributed by atoms with Crippen LogP contribution in [0.2, 0.25) is 0 Å². The quantitative estimate of drug-likeness (QED) is 0.690. The predicted octanol–water partition coefficient (Wildman–Crippen LogP) is 4.16. The molecule has 3 aromatic rings. The lowest BCUT2D eigenvalue weighted by Gasteiger charge is -2.18. The van der Waals surface area contributed by atoms with E-state index in [-0.39, 0.29) is 18.2 Å². The first-order valence-corrected chi connectivity index (χ1v) is 10.0. The molecular weight excluding hydrogens is 380 g/mol. The minimum Gasteiger partial charge on any atom is -0.339 e.